The van der Waals surface area contributed by atoms with Crippen molar-refractivity contribution in [1.82, 2.24) is 14.4 Å². The standard InChI is InChI=1S/C23H32N4O4/c1-5-6-13-25(23(29)19-9-7-10-20(14-19)27(30)31)17-22(28)26(15-18(2)3)16-21-11-8-12-24(21)4/h7-12,14,18H,5-6,13,15-17H2,1-4H3. The van der Waals surface area contributed by atoms with E-state index < -0.39 is 4.92 Å². The van der Waals surface area contributed by atoms with Gasteiger partial charge >= 0.3 is 0 Å². The van der Waals surface area contributed by atoms with Crippen molar-refractivity contribution in [2.24, 2.45) is 13.0 Å². The zero-order valence-electron chi connectivity index (χ0n) is 18.8. The van der Waals surface area contributed by atoms with Crippen LogP contribution in [0.15, 0.2) is 42.6 Å². The minimum atomic E-state index is -0.525. The summed E-state index contributed by atoms with van der Waals surface area (Å²) in [5.41, 5.74) is 1.09. The Bertz CT molecular complexity index is 906. The topological polar surface area (TPSA) is 88.7 Å². The molecular weight excluding hydrogens is 396 g/mol. The van der Waals surface area contributed by atoms with Gasteiger partial charge in [-0.2, -0.15) is 0 Å². The zero-order chi connectivity index (χ0) is 23.0. The second-order valence-corrected chi connectivity index (χ2v) is 8.17. The minimum Gasteiger partial charge on any atom is -0.353 e. The van der Waals surface area contributed by atoms with Gasteiger partial charge < -0.3 is 14.4 Å². The highest BCUT2D eigenvalue weighted by molar-refractivity contribution is 5.97. The molecule has 0 saturated carbocycles. The fourth-order valence-corrected chi connectivity index (χ4v) is 3.35. The van der Waals surface area contributed by atoms with Crippen LogP contribution in [0.25, 0.3) is 0 Å². The van der Waals surface area contributed by atoms with Crippen molar-refractivity contribution in [2.45, 2.75) is 40.2 Å². The van der Waals surface area contributed by atoms with Gasteiger partial charge in [-0.05, 0) is 30.5 Å². The second kappa shape index (κ2) is 11.3. The highest BCUT2D eigenvalue weighted by Gasteiger charge is 2.24. The smallest absolute Gasteiger partial charge is 0.270 e. The average Bonchev–Trinajstić information content (AvgIpc) is 3.14. The van der Waals surface area contributed by atoms with Gasteiger partial charge in [0.25, 0.3) is 11.6 Å². The highest BCUT2D eigenvalue weighted by atomic mass is 16.6. The predicted molar refractivity (Wildman–Crippen MR) is 120 cm³/mol. The van der Waals surface area contributed by atoms with Gasteiger partial charge in [0.1, 0.15) is 6.54 Å². The molecule has 31 heavy (non-hydrogen) atoms. The molecular formula is C23H32N4O4. The van der Waals surface area contributed by atoms with Crippen LogP contribution in [0.2, 0.25) is 0 Å². The average molecular weight is 429 g/mol. The van der Waals surface area contributed by atoms with Crippen LogP contribution >= 0.6 is 0 Å². The molecule has 0 saturated heterocycles. The Morgan fingerprint density at radius 3 is 2.48 bits per heavy atom. The normalized spacial score (nSPS) is 10.9. The van der Waals surface area contributed by atoms with Crippen LogP contribution < -0.4 is 0 Å². The number of amides is 2. The van der Waals surface area contributed by atoms with Gasteiger partial charge in [-0.15, -0.1) is 0 Å². The molecule has 0 aliphatic carbocycles. The van der Waals surface area contributed by atoms with Crippen LogP contribution in [0, 0.1) is 16.0 Å². The summed E-state index contributed by atoms with van der Waals surface area (Å²) in [6, 6.07) is 9.57. The van der Waals surface area contributed by atoms with Crippen molar-refractivity contribution in [1.29, 1.82) is 0 Å². The lowest BCUT2D eigenvalue weighted by atomic mass is 10.1. The van der Waals surface area contributed by atoms with E-state index in [1.54, 1.807) is 11.0 Å². The first kappa shape index (κ1) is 24.1. The monoisotopic (exact) mass is 428 g/mol. The molecule has 1 heterocycles. The van der Waals surface area contributed by atoms with Crippen LogP contribution in [0.5, 0.6) is 0 Å². The van der Waals surface area contributed by atoms with Gasteiger partial charge in [-0.25, -0.2) is 0 Å². The molecule has 2 aromatic rings. The molecule has 8 nitrogen and oxygen atoms in total. The number of aromatic nitrogens is 1. The van der Waals surface area contributed by atoms with Crippen molar-refractivity contribution in [3.8, 4) is 0 Å². The summed E-state index contributed by atoms with van der Waals surface area (Å²) in [6.45, 7) is 7.52. The Hall–Kier alpha value is -3.16. The third-order valence-electron chi connectivity index (χ3n) is 5.04. The molecule has 0 spiro atoms. The number of nitro groups is 1. The van der Waals surface area contributed by atoms with Crippen molar-refractivity contribution in [2.75, 3.05) is 19.6 Å². The lowest BCUT2D eigenvalue weighted by molar-refractivity contribution is -0.384. The number of carbonyl (C=O) groups is 2. The third kappa shape index (κ3) is 6.94. The van der Waals surface area contributed by atoms with Crippen LogP contribution in [-0.4, -0.2) is 50.7 Å². The summed E-state index contributed by atoms with van der Waals surface area (Å²) in [6.07, 6.45) is 3.55. The summed E-state index contributed by atoms with van der Waals surface area (Å²) in [5.74, 6) is -0.223. The molecule has 0 radical (unpaired) electrons. The van der Waals surface area contributed by atoms with Crippen LogP contribution in [0.4, 0.5) is 5.69 Å². The molecule has 0 N–H and O–H groups in total. The van der Waals surface area contributed by atoms with E-state index in [2.05, 4.69) is 0 Å². The SMILES string of the molecule is CCCCN(CC(=O)N(Cc1cccn1C)CC(C)C)C(=O)c1cccc([N+](=O)[O-])c1. The van der Waals surface area contributed by atoms with E-state index in [-0.39, 0.29) is 35.5 Å². The molecule has 168 valence electrons. The number of nitro benzene ring substituents is 1. The number of unbranched alkanes of at least 4 members (excludes halogenated alkanes) is 1. The number of carbonyl (C=O) groups excluding carboxylic acids is 2. The molecule has 0 fully saturated rings. The van der Waals surface area contributed by atoms with Crippen LogP contribution in [0.3, 0.4) is 0 Å². The summed E-state index contributed by atoms with van der Waals surface area (Å²) in [7, 11) is 1.94. The van der Waals surface area contributed by atoms with E-state index in [1.165, 1.54) is 23.1 Å². The van der Waals surface area contributed by atoms with Crippen molar-refractivity contribution in [3.05, 3.63) is 64.0 Å². The number of non-ortho nitro benzene ring substituents is 1. The Balaban J connectivity index is 2.22. The third-order valence-corrected chi connectivity index (χ3v) is 5.04. The molecule has 0 aliphatic heterocycles. The zero-order valence-corrected chi connectivity index (χ0v) is 18.8. The van der Waals surface area contributed by atoms with Crippen molar-refractivity contribution >= 4 is 17.5 Å². The van der Waals surface area contributed by atoms with Crippen molar-refractivity contribution in [3.63, 3.8) is 0 Å². The van der Waals surface area contributed by atoms with E-state index in [0.717, 1.165) is 18.5 Å². The largest absolute Gasteiger partial charge is 0.353 e. The lowest BCUT2D eigenvalue weighted by Crippen LogP contribution is -2.44. The number of rotatable bonds is 11. The van der Waals surface area contributed by atoms with E-state index in [1.807, 2.05) is 50.7 Å². The van der Waals surface area contributed by atoms with Gasteiger partial charge in [0.15, 0.2) is 0 Å². The van der Waals surface area contributed by atoms with E-state index in [0.29, 0.717) is 19.6 Å². The molecule has 0 bridgehead atoms. The molecule has 1 aromatic heterocycles. The fourth-order valence-electron chi connectivity index (χ4n) is 3.35. The molecule has 0 unspecified atom stereocenters. The molecule has 8 heteroatoms. The maximum absolute atomic E-state index is 13.2. The maximum atomic E-state index is 13.2. The Morgan fingerprint density at radius 2 is 1.90 bits per heavy atom. The molecule has 2 rings (SSSR count). The lowest BCUT2D eigenvalue weighted by Gasteiger charge is -2.29. The summed E-state index contributed by atoms with van der Waals surface area (Å²) in [5, 5.41) is 11.1. The molecule has 0 aliphatic rings. The van der Waals surface area contributed by atoms with Gasteiger partial charge in [-0.3, -0.25) is 19.7 Å². The highest BCUT2D eigenvalue weighted by Crippen LogP contribution is 2.16. The van der Waals surface area contributed by atoms with Gasteiger partial charge in [-0.1, -0.05) is 33.3 Å². The number of aryl methyl sites for hydroxylation is 1. The van der Waals surface area contributed by atoms with Crippen LogP contribution in [-0.2, 0) is 18.4 Å². The van der Waals surface area contributed by atoms with E-state index in [9.17, 15) is 19.7 Å². The Kier molecular flexibility index (Phi) is 8.78. The first-order valence-corrected chi connectivity index (χ1v) is 10.6. The quantitative estimate of drug-likeness (QED) is 0.402. The van der Waals surface area contributed by atoms with E-state index in [4.69, 9.17) is 0 Å². The van der Waals surface area contributed by atoms with Gasteiger partial charge in [0.2, 0.25) is 5.91 Å². The van der Waals surface area contributed by atoms with Crippen molar-refractivity contribution < 1.29 is 14.5 Å². The molecule has 1 aromatic carbocycles. The maximum Gasteiger partial charge on any atom is 0.270 e. The Labute approximate surface area is 183 Å². The summed E-state index contributed by atoms with van der Waals surface area (Å²) in [4.78, 5) is 40.2. The summed E-state index contributed by atoms with van der Waals surface area (Å²) >= 11 is 0. The van der Waals surface area contributed by atoms with Gasteiger partial charge in [0, 0.05) is 49.7 Å². The van der Waals surface area contributed by atoms with Gasteiger partial charge in [0.05, 0.1) is 11.5 Å². The predicted octanol–water partition coefficient (Wildman–Crippen LogP) is 3.86. The molecule has 0 atom stereocenters. The Morgan fingerprint density at radius 1 is 1.16 bits per heavy atom. The first-order valence-electron chi connectivity index (χ1n) is 10.6. The molecule has 2 amide bonds. The number of hydrogen-bond acceptors (Lipinski definition) is 4. The summed E-state index contributed by atoms with van der Waals surface area (Å²) < 4.78 is 1.98. The second-order valence-electron chi connectivity index (χ2n) is 8.17. The number of hydrogen-bond donors (Lipinski definition) is 0. The van der Waals surface area contributed by atoms with E-state index >= 15 is 0 Å². The minimum absolute atomic E-state index is 0.0569. The fraction of sp³-hybridized carbons (Fsp3) is 0.478. The first-order chi connectivity index (χ1) is 14.7. The van der Waals surface area contributed by atoms with Crippen LogP contribution in [0.1, 0.15) is 49.7 Å². The number of nitrogens with zero attached hydrogens (tertiary/aromatic N) is 4. The number of benzene rings is 1.